The van der Waals surface area contributed by atoms with Crippen LogP contribution in [-0.4, -0.2) is 4.75 Å². The van der Waals surface area contributed by atoms with Gasteiger partial charge in [-0.3, -0.25) is 0 Å². The molecule has 0 nitrogen and oxygen atoms in total. The number of hydrogen-bond donors (Lipinski definition) is 1. The zero-order chi connectivity index (χ0) is 5.91. The monoisotopic (exact) mass is 116 g/mol. The molecule has 0 aromatic heterocycles. The van der Waals surface area contributed by atoms with Crippen LogP contribution < -0.4 is 0 Å². The summed E-state index contributed by atoms with van der Waals surface area (Å²) >= 11 is 4.27. The molecule has 0 N–H and O–H groups in total. The molecule has 42 valence electrons. The van der Waals surface area contributed by atoms with Crippen molar-refractivity contribution in [2.24, 2.45) is 0 Å². The molecule has 0 radical (unpaired) electrons. The lowest BCUT2D eigenvalue weighted by atomic mass is 10.1. The summed E-state index contributed by atoms with van der Waals surface area (Å²) < 4.78 is 0.0417. The zero-order valence-corrected chi connectivity index (χ0v) is 5.83. The second-order valence-electron chi connectivity index (χ2n) is 1.91. The van der Waals surface area contributed by atoms with Gasteiger partial charge in [-0.1, -0.05) is 13.0 Å². The molecule has 0 rings (SSSR count). The maximum atomic E-state index is 4.27. The quantitative estimate of drug-likeness (QED) is 0.415. The molecule has 0 fully saturated rings. The highest BCUT2D eigenvalue weighted by Gasteiger charge is 2.08. The van der Waals surface area contributed by atoms with Crippen LogP contribution >= 0.6 is 12.6 Å². The molecule has 0 aliphatic heterocycles. The second-order valence-corrected chi connectivity index (χ2v) is 2.94. The Bertz CT molecular complexity index is 64.6. The van der Waals surface area contributed by atoms with Gasteiger partial charge in [-0.15, -0.1) is 6.58 Å². The molecule has 0 spiro atoms. The third-order valence-electron chi connectivity index (χ3n) is 1.16. The smallest absolute Gasteiger partial charge is 0.0275 e. The van der Waals surface area contributed by atoms with Crippen LogP contribution in [0.1, 0.15) is 20.3 Å². The van der Waals surface area contributed by atoms with Crippen molar-refractivity contribution >= 4 is 12.6 Å². The standard InChI is InChI=1S/C6H12S/c1-4-6(3,7)5-2/h4,7H,1,5H2,2-3H3. The summed E-state index contributed by atoms with van der Waals surface area (Å²) in [5, 5.41) is 0. The minimum atomic E-state index is 0.0417. The van der Waals surface area contributed by atoms with E-state index in [0.717, 1.165) is 6.42 Å². The number of rotatable bonds is 2. The van der Waals surface area contributed by atoms with Gasteiger partial charge < -0.3 is 0 Å². The summed E-state index contributed by atoms with van der Waals surface area (Å²) in [5.41, 5.74) is 0. The molecule has 0 aromatic carbocycles. The van der Waals surface area contributed by atoms with E-state index >= 15 is 0 Å². The highest BCUT2D eigenvalue weighted by molar-refractivity contribution is 7.82. The lowest BCUT2D eigenvalue weighted by Gasteiger charge is -2.13. The predicted molar refractivity (Wildman–Crippen MR) is 37.9 cm³/mol. The molecule has 0 saturated carbocycles. The molecule has 0 heterocycles. The summed E-state index contributed by atoms with van der Waals surface area (Å²) in [4.78, 5) is 0. The van der Waals surface area contributed by atoms with E-state index in [1.807, 2.05) is 13.0 Å². The van der Waals surface area contributed by atoms with E-state index in [1.54, 1.807) is 0 Å². The first-order valence-corrected chi connectivity index (χ1v) is 2.93. The Morgan fingerprint density at radius 1 is 1.86 bits per heavy atom. The molecule has 1 atom stereocenters. The van der Waals surface area contributed by atoms with Crippen molar-refractivity contribution in [2.45, 2.75) is 25.0 Å². The molecule has 0 aliphatic rings. The Hall–Kier alpha value is 0.0900. The minimum Gasteiger partial charge on any atom is -0.169 e. The van der Waals surface area contributed by atoms with Gasteiger partial charge in [-0.2, -0.15) is 12.6 Å². The fourth-order valence-corrected chi connectivity index (χ4v) is 0.144. The van der Waals surface area contributed by atoms with Gasteiger partial charge in [0.15, 0.2) is 0 Å². The average Bonchev–Trinajstić information content (AvgIpc) is 1.68. The normalized spacial score (nSPS) is 18.1. The van der Waals surface area contributed by atoms with Crippen LogP contribution in [0.15, 0.2) is 12.7 Å². The lowest BCUT2D eigenvalue weighted by Crippen LogP contribution is -2.08. The number of thiol groups is 1. The van der Waals surface area contributed by atoms with E-state index in [4.69, 9.17) is 0 Å². The van der Waals surface area contributed by atoms with Crippen molar-refractivity contribution in [1.82, 2.24) is 0 Å². The van der Waals surface area contributed by atoms with Gasteiger partial charge in [0.2, 0.25) is 0 Å². The van der Waals surface area contributed by atoms with Crippen molar-refractivity contribution in [3.05, 3.63) is 12.7 Å². The Morgan fingerprint density at radius 2 is 2.29 bits per heavy atom. The first kappa shape index (κ1) is 7.09. The Balaban J connectivity index is 3.58. The minimum absolute atomic E-state index is 0.0417. The average molecular weight is 116 g/mol. The fourth-order valence-electron chi connectivity index (χ4n) is 0.144. The van der Waals surface area contributed by atoms with E-state index in [0.29, 0.717) is 0 Å². The van der Waals surface area contributed by atoms with Crippen LogP contribution in [0.5, 0.6) is 0 Å². The zero-order valence-electron chi connectivity index (χ0n) is 4.94. The fraction of sp³-hybridized carbons (Fsp3) is 0.667. The van der Waals surface area contributed by atoms with E-state index in [1.165, 1.54) is 0 Å². The summed E-state index contributed by atoms with van der Waals surface area (Å²) in [6.07, 6.45) is 2.90. The third-order valence-corrected chi connectivity index (χ3v) is 1.65. The first-order chi connectivity index (χ1) is 3.12. The molecule has 0 aromatic rings. The molecule has 1 heteroatoms. The highest BCUT2D eigenvalue weighted by atomic mass is 32.1. The van der Waals surface area contributed by atoms with E-state index in [9.17, 15) is 0 Å². The first-order valence-electron chi connectivity index (χ1n) is 2.48. The van der Waals surface area contributed by atoms with Crippen LogP contribution in [0.3, 0.4) is 0 Å². The molecule has 1 unspecified atom stereocenters. The Kier molecular flexibility index (Phi) is 2.44. The maximum absolute atomic E-state index is 4.27. The van der Waals surface area contributed by atoms with Gasteiger partial charge >= 0.3 is 0 Å². The second kappa shape index (κ2) is 2.41. The molecule has 0 aliphatic carbocycles. The van der Waals surface area contributed by atoms with Crippen molar-refractivity contribution in [1.29, 1.82) is 0 Å². The summed E-state index contributed by atoms with van der Waals surface area (Å²) in [7, 11) is 0. The van der Waals surface area contributed by atoms with Gasteiger partial charge in [-0.05, 0) is 13.3 Å². The Labute approximate surface area is 51.0 Å². The van der Waals surface area contributed by atoms with Gasteiger partial charge in [0.1, 0.15) is 0 Å². The van der Waals surface area contributed by atoms with Crippen LogP contribution in [0.2, 0.25) is 0 Å². The van der Waals surface area contributed by atoms with E-state index in [2.05, 4.69) is 26.1 Å². The van der Waals surface area contributed by atoms with Gasteiger partial charge in [0.25, 0.3) is 0 Å². The third kappa shape index (κ3) is 2.75. The van der Waals surface area contributed by atoms with Crippen molar-refractivity contribution in [2.75, 3.05) is 0 Å². The molecule has 0 amide bonds. The van der Waals surface area contributed by atoms with Crippen LogP contribution in [0.4, 0.5) is 0 Å². The summed E-state index contributed by atoms with van der Waals surface area (Å²) in [5.74, 6) is 0. The SMILES string of the molecule is C=CC(C)(S)CC. The van der Waals surface area contributed by atoms with E-state index in [-0.39, 0.29) is 4.75 Å². The van der Waals surface area contributed by atoms with Crippen LogP contribution in [-0.2, 0) is 0 Å². The number of hydrogen-bond acceptors (Lipinski definition) is 1. The molecule has 0 bridgehead atoms. The highest BCUT2D eigenvalue weighted by Crippen LogP contribution is 2.17. The van der Waals surface area contributed by atoms with Gasteiger partial charge in [-0.25, -0.2) is 0 Å². The lowest BCUT2D eigenvalue weighted by molar-refractivity contribution is 0.764. The van der Waals surface area contributed by atoms with Crippen LogP contribution in [0.25, 0.3) is 0 Å². The van der Waals surface area contributed by atoms with Crippen molar-refractivity contribution in [3.63, 3.8) is 0 Å². The predicted octanol–water partition coefficient (Wildman–Crippen LogP) is 2.27. The van der Waals surface area contributed by atoms with E-state index < -0.39 is 0 Å². The van der Waals surface area contributed by atoms with Crippen molar-refractivity contribution < 1.29 is 0 Å². The van der Waals surface area contributed by atoms with Gasteiger partial charge in [0, 0.05) is 4.75 Å². The Morgan fingerprint density at radius 3 is 2.29 bits per heavy atom. The molecule has 7 heavy (non-hydrogen) atoms. The molecular weight excluding hydrogens is 104 g/mol. The summed E-state index contributed by atoms with van der Waals surface area (Å²) in [6, 6.07) is 0. The van der Waals surface area contributed by atoms with Crippen molar-refractivity contribution in [3.8, 4) is 0 Å². The maximum Gasteiger partial charge on any atom is 0.0275 e. The van der Waals surface area contributed by atoms with Crippen LogP contribution in [0, 0.1) is 0 Å². The molecule has 0 saturated heterocycles. The summed E-state index contributed by atoms with van der Waals surface area (Å²) in [6.45, 7) is 7.76. The largest absolute Gasteiger partial charge is 0.169 e. The van der Waals surface area contributed by atoms with Gasteiger partial charge in [0.05, 0.1) is 0 Å². The molecular formula is C6H12S. The topological polar surface area (TPSA) is 0 Å².